The van der Waals surface area contributed by atoms with Crippen molar-refractivity contribution in [3.05, 3.63) is 29.8 Å². The van der Waals surface area contributed by atoms with Crippen LogP contribution in [0.1, 0.15) is 26.3 Å². The van der Waals surface area contributed by atoms with Crippen LogP contribution in [0.3, 0.4) is 0 Å². The Morgan fingerprint density at radius 1 is 1.18 bits per heavy atom. The maximum absolute atomic E-state index is 5.41. The van der Waals surface area contributed by atoms with Crippen LogP contribution in [0.5, 0.6) is 5.75 Å². The number of rotatable bonds is 7. The van der Waals surface area contributed by atoms with Gasteiger partial charge in [-0.3, -0.25) is 0 Å². The molecule has 0 aromatic heterocycles. The first-order chi connectivity index (χ1) is 8.07. The van der Waals surface area contributed by atoms with Crippen LogP contribution in [0.4, 0.5) is 0 Å². The smallest absolute Gasteiger partial charge is 0.119 e. The summed E-state index contributed by atoms with van der Waals surface area (Å²) in [6.07, 6.45) is 0. The Labute approximate surface area is 105 Å². The Balaban J connectivity index is 2.37. The summed E-state index contributed by atoms with van der Waals surface area (Å²) in [7, 11) is 1.98. The van der Waals surface area contributed by atoms with E-state index in [1.165, 1.54) is 5.56 Å². The second kappa shape index (κ2) is 6.62. The Hall–Kier alpha value is -1.06. The fourth-order valence-corrected chi connectivity index (χ4v) is 1.48. The van der Waals surface area contributed by atoms with Crippen LogP contribution in [-0.4, -0.2) is 25.7 Å². The van der Waals surface area contributed by atoms with Crippen LogP contribution in [0.2, 0.25) is 0 Å². The first kappa shape index (κ1) is 14.0. The van der Waals surface area contributed by atoms with Gasteiger partial charge in [-0.2, -0.15) is 0 Å². The van der Waals surface area contributed by atoms with Crippen molar-refractivity contribution < 1.29 is 4.74 Å². The van der Waals surface area contributed by atoms with Gasteiger partial charge in [0, 0.05) is 18.6 Å². The van der Waals surface area contributed by atoms with E-state index in [0.717, 1.165) is 18.8 Å². The number of hydrogen-bond acceptors (Lipinski definition) is 3. The highest BCUT2D eigenvalue weighted by Gasteiger charge is 2.12. The van der Waals surface area contributed by atoms with Crippen molar-refractivity contribution in [3.63, 3.8) is 0 Å². The van der Waals surface area contributed by atoms with Crippen LogP contribution >= 0.6 is 0 Å². The highest BCUT2D eigenvalue weighted by Crippen LogP contribution is 2.12. The zero-order chi connectivity index (χ0) is 12.7. The van der Waals surface area contributed by atoms with Crippen LogP contribution in [0, 0.1) is 0 Å². The molecule has 1 aromatic rings. The van der Waals surface area contributed by atoms with Gasteiger partial charge < -0.3 is 15.4 Å². The van der Waals surface area contributed by atoms with Crippen molar-refractivity contribution >= 4 is 0 Å². The van der Waals surface area contributed by atoms with Crippen LogP contribution < -0.4 is 15.4 Å². The summed E-state index contributed by atoms with van der Waals surface area (Å²) in [6, 6.07) is 8.24. The van der Waals surface area contributed by atoms with E-state index in [0.29, 0.717) is 6.61 Å². The maximum Gasteiger partial charge on any atom is 0.119 e. The molecule has 0 heterocycles. The molecule has 0 saturated heterocycles. The summed E-state index contributed by atoms with van der Waals surface area (Å²) in [6.45, 7) is 8.90. The molecule has 0 aliphatic rings. The van der Waals surface area contributed by atoms with E-state index >= 15 is 0 Å². The number of hydrogen-bond donors (Lipinski definition) is 2. The molecule has 1 aromatic carbocycles. The number of nitrogens with one attached hydrogen (secondary N) is 2. The van der Waals surface area contributed by atoms with Gasteiger partial charge in [0.1, 0.15) is 5.75 Å². The van der Waals surface area contributed by atoms with Crippen LogP contribution in [-0.2, 0) is 6.54 Å². The van der Waals surface area contributed by atoms with Crippen molar-refractivity contribution in [1.82, 2.24) is 10.6 Å². The minimum atomic E-state index is 0.130. The molecule has 17 heavy (non-hydrogen) atoms. The van der Waals surface area contributed by atoms with Crippen molar-refractivity contribution in [2.45, 2.75) is 32.9 Å². The quantitative estimate of drug-likeness (QED) is 0.761. The largest absolute Gasteiger partial charge is 0.494 e. The van der Waals surface area contributed by atoms with Gasteiger partial charge in [-0.15, -0.1) is 0 Å². The Morgan fingerprint density at radius 3 is 2.35 bits per heavy atom. The monoisotopic (exact) mass is 236 g/mol. The first-order valence-electron chi connectivity index (χ1n) is 6.19. The van der Waals surface area contributed by atoms with Gasteiger partial charge in [0.25, 0.3) is 0 Å². The fourth-order valence-electron chi connectivity index (χ4n) is 1.48. The molecule has 0 atom stereocenters. The van der Waals surface area contributed by atoms with Crippen molar-refractivity contribution in [2.75, 3.05) is 20.2 Å². The summed E-state index contributed by atoms with van der Waals surface area (Å²) in [5.74, 6) is 0.937. The van der Waals surface area contributed by atoms with E-state index in [4.69, 9.17) is 4.74 Å². The predicted molar refractivity (Wildman–Crippen MR) is 72.5 cm³/mol. The maximum atomic E-state index is 5.41. The zero-order valence-electron chi connectivity index (χ0n) is 11.3. The third-order valence-corrected chi connectivity index (χ3v) is 2.81. The van der Waals surface area contributed by atoms with Gasteiger partial charge in [0.15, 0.2) is 0 Å². The van der Waals surface area contributed by atoms with E-state index in [2.05, 4.69) is 36.6 Å². The first-order valence-corrected chi connectivity index (χ1v) is 6.19. The Bertz CT molecular complexity index is 319. The lowest BCUT2D eigenvalue weighted by Crippen LogP contribution is -2.45. The standard InChI is InChI=1S/C14H24N2O/c1-5-17-13-8-6-12(7-9-13)10-16-11-14(2,3)15-4/h6-9,15-16H,5,10-11H2,1-4H3. The number of likely N-dealkylation sites (N-methyl/N-ethyl adjacent to an activating group) is 1. The SMILES string of the molecule is CCOc1ccc(CNCC(C)(C)NC)cc1. The van der Waals surface area contributed by atoms with E-state index in [1.807, 2.05) is 26.1 Å². The Kier molecular flexibility index (Phi) is 5.45. The summed E-state index contributed by atoms with van der Waals surface area (Å²) in [5.41, 5.74) is 1.41. The van der Waals surface area contributed by atoms with Crippen molar-refractivity contribution in [2.24, 2.45) is 0 Å². The number of benzene rings is 1. The summed E-state index contributed by atoms with van der Waals surface area (Å²) >= 11 is 0. The number of ether oxygens (including phenoxy) is 1. The summed E-state index contributed by atoms with van der Waals surface area (Å²) in [5, 5.41) is 6.71. The van der Waals surface area contributed by atoms with Crippen molar-refractivity contribution in [1.29, 1.82) is 0 Å². The average Bonchev–Trinajstić information content (AvgIpc) is 2.32. The molecule has 0 saturated carbocycles. The minimum Gasteiger partial charge on any atom is -0.494 e. The highest BCUT2D eigenvalue weighted by atomic mass is 16.5. The molecular weight excluding hydrogens is 212 g/mol. The van der Waals surface area contributed by atoms with E-state index < -0.39 is 0 Å². The van der Waals surface area contributed by atoms with Gasteiger partial charge in [-0.05, 0) is 45.5 Å². The minimum absolute atomic E-state index is 0.130. The summed E-state index contributed by atoms with van der Waals surface area (Å²) < 4.78 is 5.41. The lowest BCUT2D eigenvalue weighted by molar-refractivity contribution is 0.340. The van der Waals surface area contributed by atoms with Crippen molar-refractivity contribution in [3.8, 4) is 5.75 Å². The normalized spacial score (nSPS) is 11.5. The molecule has 2 N–H and O–H groups in total. The van der Waals surface area contributed by atoms with Gasteiger partial charge in [-0.25, -0.2) is 0 Å². The molecule has 3 heteroatoms. The molecule has 3 nitrogen and oxygen atoms in total. The molecular formula is C14H24N2O. The topological polar surface area (TPSA) is 33.3 Å². The van der Waals surface area contributed by atoms with E-state index in [-0.39, 0.29) is 5.54 Å². The van der Waals surface area contributed by atoms with Gasteiger partial charge in [0.05, 0.1) is 6.61 Å². The third-order valence-electron chi connectivity index (χ3n) is 2.81. The lowest BCUT2D eigenvalue weighted by Gasteiger charge is -2.24. The van der Waals surface area contributed by atoms with Crippen LogP contribution in [0.15, 0.2) is 24.3 Å². The second-order valence-corrected chi connectivity index (χ2v) is 4.81. The molecule has 1 rings (SSSR count). The van der Waals surface area contributed by atoms with Gasteiger partial charge in [-0.1, -0.05) is 12.1 Å². The molecule has 0 aliphatic carbocycles. The summed E-state index contributed by atoms with van der Waals surface area (Å²) in [4.78, 5) is 0. The van der Waals surface area contributed by atoms with Gasteiger partial charge in [0.2, 0.25) is 0 Å². The molecule has 0 radical (unpaired) electrons. The highest BCUT2D eigenvalue weighted by molar-refractivity contribution is 5.27. The van der Waals surface area contributed by atoms with Gasteiger partial charge >= 0.3 is 0 Å². The average molecular weight is 236 g/mol. The van der Waals surface area contributed by atoms with E-state index in [1.54, 1.807) is 0 Å². The Morgan fingerprint density at radius 2 is 1.82 bits per heavy atom. The molecule has 0 fully saturated rings. The third kappa shape index (κ3) is 5.20. The molecule has 0 aliphatic heterocycles. The molecule has 96 valence electrons. The molecule has 0 unspecified atom stereocenters. The molecule has 0 spiro atoms. The predicted octanol–water partition coefficient (Wildman–Crippen LogP) is 2.17. The zero-order valence-corrected chi connectivity index (χ0v) is 11.3. The molecule has 0 amide bonds. The van der Waals surface area contributed by atoms with E-state index in [9.17, 15) is 0 Å². The second-order valence-electron chi connectivity index (χ2n) is 4.81. The molecule has 0 bridgehead atoms. The lowest BCUT2D eigenvalue weighted by atomic mass is 10.1. The fraction of sp³-hybridized carbons (Fsp3) is 0.571. The van der Waals surface area contributed by atoms with Crippen LogP contribution in [0.25, 0.3) is 0 Å².